The molecule has 1 aromatic rings. The average molecular weight is 290 g/mol. The molecule has 0 amide bonds. The summed E-state index contributed by atoms with van der Waals surface area (Å²) in [7, 11) is 4.31. The highest BCUT2D eigenvalue weighted by atomic mass is 16.6. The normalized spacial score (nSPS) is 22.1. The van der Waals surface area contributed by atoms with E-state index in [-0.39, 0.29) is 11.6 Å². The van der Waals surface area contributed by atoms with Gasteiger partial charge in [-0.3, -0.25) is 0 Å². The highest BCUT2D eigenvalue weighted by Crippen LogP contribution is 2.42. The smallest absolute Gasteiger partial charge is 0.161 e. The topological polar surface area (TPSA) is 47.7 Å². The Balaban J connectivity index is 1.90. The van der Waals surface area contributed by atoms with Crippen LogP contribution in [0, 0.1) is 0 Å². The number of nitrogens with two attached hydrogens (primary N) is 1. The zero-order valence-corrected chi connectivity index (χ0v) is 13.1. The number of ether oxygens (including phenoxy) is 2. The maximum absolute atomic E-state index is 6.70. The van der Waals surface area contributed by atoms with Gasteiger partial charge in [-0.1, -0.05) is 25.3 Å². The van der Waals surface area contributed by atoms with Gasteiger partial charge in [0.1, 0.15) is 13.2 Å². The van der Waals surface area contributed by atoms with Crippen molar-refractivity contribution in [3.05, 3.63) is 23.8 Å². The van der Waals surface area contributed by atoms with Crippen molar-refractivity contribution in [2.24, 2.45) is 5.73 Å². The highest BCUT2D eigenvalue weighted by molar-refractivity contribution is 5.45. The van der Waals surface area contributed by atoms with E-state index < -0.39 is 0 Å². The number of rotatable bonds is 3. The Morgan fingerprint density at radius 3 is 2.38 bits per heavy atom. The van der Waals surface area contributed by atoms with E-state index in [1.807, 2.05) is 6.07 Å². The predicted molar refractivity (Wildman–Crippen MR) is 83.9 cm³/mol. The van der Waals surface area contributed by atoms with Crippen molar-refractivity contribution in [2.75, 3.05) is 27.3 Å². The second kappa shape index (κ2) is 5.85. The van der Waals surface area contributed by atoms with Gasteiger partial charge >= 0.3 is 0 Å². The molecule has 3 rings (SSSR count). The van der Waals surface area contributed by atoms with Gasteiger partial charge in [-0.25, -0.2) is 0 Å². The molecule has 1 aliphatic heterocycles. The van der Waals surface area contributed by atoms with Crippen molar-refractivity contribution >= 4 is 0 Å². The van der Waals surface area contributed by atoms with Crippen LogP contribution in [0.4, 0.5) is 0 Å². The first-order chi connectivity index (χ1) is 10.1. The summed E-state index contributed by atoms with van der Waals surface area (Å²) in [6.07, 6.45) is 6.17. The van der Waals surface area contributed by atoms with Crippen molar-refractivity contribution in [2.45, 2.75) is 43.7 Å². The van der Waals surface area contributed by atoms with Crippen LogP contribution in [0.15, 0.2) is 18.2 Å². The molecule has 1 saturated carbocycles. The maximum Gasteiger partial charge on any atom is 0.161 e. The standard InChI is InChI=1S/C17H26N2O2/c1-19(2)17(8-4-3-5-9-17)16(18)13-6-7-14-15(12-13)21-11-10-20-14/h6-7,12,16H,3-5,8-11,18H2,1-2H3. The number of fused-ring (bicyclic) bond motifs is 1. The van der Waals surface area contributed by atoms with Gasteiger partial charge in [0.05, 0.1) is 0 Å². The first-order valence-electron chi connectivity index (χ1n) is 7.96. The maximum atomic E-state index is 6.70. The van der Waals surface area contributed by atoms with Crippen LogP contribution in [0.3, 0.4) is 0 Å². The first kappa shape index (κ1) is 14.7. The number of hydrogen-bond donors (Lipinski definition) is 1. The average Bonchev–Trinajstić information content (AvgIpc) is 2.54. The van der Waals surface area contributed by atoms with Gasteiger partial charge in [0.2, 0.25) is 0 Å². The van der Waals surface area contributed by atoms with E-state index in [9.17, 15) is 0 Å². The molecule has 1 heterocycles. The molecule has 1 aliphatic carbocycles. The van der Waals surface area contributed by atoms with Crippen LogP contribution in [0.25, 0.3) is 0 Å². The molecule has 0 spiro atoms. The number of benzene rings is 1. The quantitative estimate of drug-likeness (QED) is 0.930. The van der Waals surface area contributed by atoms with Crippen LogP contribution < -0.4 is 15.2 Å². The van der Waals surface area contributed by atoms with Gasteiger partial charge < -0.3 is 20.1 Å². The fraction of sp³-hybridized carbons (Fsp3) is 0.647. The molecule has 1 unspecified atom stereocenters. The second-order valence-corrected chi connectivity index (χ2v) is 6.44. The summed E-state index contributed by atoms with van der Waals surface area (Å²) in [5, 5.41) is 0. The number of nitrogens with zero attached hydrogens (tertiary/aromatic N) is 1. The largest absolute Gasteiger partial charge is 0.486 e. The molecule has 116 valence electrons. The summed E-state index contributed by atoms with van der Waals surface area (Å²) < 4.78 is 11.3. The second-order valence-electron chi connectivity index (χ2n) is 6.44. The van der Waals surface area contributed by atoms with Crippen LogP contribution in [0.5, 0.6) is 11.5 Å². The summed E-state index contributed by atoms with van der Waals surface area (Å²) in [4.78, 5) is 2.33. The van der Waals surface area contributed by atoms with Crippen molar-refractivity contribution in [1.82, 2.24) is 4.90 Å². The van der Waals surface area contributed by atoms with E-state index in [0.717, 1.165) is 29.9 Å². The van der Waals surface area contributed by atoms with Crippen molar-refractivity contribution in [3.63, 3.8) is 0 Å². The lowest BCUT2D eigenvalue weighted by Crippen LogP contribution is -2.53. The Kier molecular flexibility index (Phi) is 4.09. The Morgan fingerprint density at radius 2 is 1.71 bits per heavy atom. The minimum absolute atomic E-state index is 0.00336. The molecule has 0 saturated heterocycles. The van der Waals surface area contributed by atoms with E-state index in [1.165, 1.54) is 19.3 Å². The van der Waals surface area contributed by atoms with Gasteiger partial charge in [-0.05, 0) is 44.6 Å². The Labute approximate surface area is 127 Å². The lowest BCUT2D eigenvalue weighted by molar-refractivity contribution is 0.0711. The Bertz CT molecular complexity index is 496. The third kappa shape index (κ3) is 2.62. The van der Waals surface area contributed by atoms with Gasteiger partial charge in [0.15, 0.2) is 11.5 Å². The molecule has 0 aromatic heterocycles. The minimum Gasteiger partial charge on any atom is -0.486 e. The van der Waals surface area contributed by atoms with E-state index in [4.69, 9.17) is 15.2 Å². The lowest BCUT2D eigenvalue weighted by atomic mass is 9.73. The van der Waals surface area contributed by atoms with Crippen molar-refractivity contribution in [3.8, 4) is 11.5 Å². The van der Waals surface area contributed by atoms with Crippen LogP contribution in [-0.2, 0) is 0 Å². The van der Waals surface area contributed by atoms with Crippen LogP contribution in [-0.4, -0.2) is 37.7 Å². The minimum atomic E-state index is 0.00336. The summed E-state index contributed by atoms with van der Waals surface area (Å²) in [6, 6.07) is 6.16. The van der Waals surface area contributed by atoms with Gasteiger partial charge in [0, 0.05) is 11.6 Å². The third-order valence-electron chi connectivity index (χ3n) is 5.11. The molecule has 0 radical (unpaired) electrons. The molecule has 4 nitrogen and oxygen atoms in total. The van der Waals surface area contributed by atoms with Crippen molar-refractivity contribution < 1.29 is 9.47 Å². The number of likely N-dealkylation sites (N-methyl/N-ethyl adjacent to an activating group) is 1. The van der Waals surface area contributed by atoms with Gasteiger partial charge in [-0.2, -0.15) is 0 Å². The highest BCUT2D eigenvalue weighted by Gasteiger charge is 2.40. The number of hydrogen-bond acceptors (Lipinski definition) is 4. The Morgan fingerprint density at radius 1 is 1.05 bits per heavy atom. The van der Waals surface area contributed by atoms with E-state index >= 15 is 0 Å². The van der Waals surface area contributed by atoms with E-state index in [2.05, 4.69) is 31.1 Å². The third-order valence-corrected chi connectivity index (χ3v) is 5.11. The zero-order chi connectivity index (χ0) is 14.9. The zero-order valence-electron chi connectivity index (χ0n) is 13.1. The van der Waals surface area contributed by atoms with Crippen molar-refractivity contribution in [1.29, 1.82) is 0 Å². The monoisotopic (exact) mass is 290 g/mol. The van der Waals surface area contributed by atoms with E-state index in [0.29, 0.717) is 13.2 Å². The van der Waals surface area contributed by atoms with Crippen LogP contribution in [0.2, 0.25) is 0 Å². The fourth-order valence-corrected chi connectivity index (χ4v) is 3.76. The SMILES string of the molecule is CN(C)C1(C(N)c2ccc3c(c2)OCCO3)CCCCC1. The molecular weight excluding hydrogens is 264 g/mol. The molecular formula is C17H26N2O2. The molecule has 4 heteroatoms. The fourth-order valence-electron chi connectivity index (χ4n) is 3.76. The van der Waals surface area contributed by atoms with Gasteiger partial charge in [-0.15, -0.1) is 0 Å². The molecule has 2 N–H and O–H groups in total. The predicted octanol–water partition coefficient (Wildman–Crippen LogP) is 2.72. The first-order valence-corrected chi connectivity index (χ1v) is 7.96. The van der Waals surface area contributed by atoms with Crippen LogP contribution in [0.1, 0.15) is 43.7 Å². The molecule has 2 aliphatic rings. The molecule has 1 fully saturated rings. The summed E-state index contributed by atoms with van der Waals surface area (Å²) >= 11 is 0. The summed E-state index contributed by atoms with van der Waals surface area (Å²) in [6.45, 7) is 1.24. The summed E-state index contributed by atoms with van der Waals surface area (Å²) in [5.74, 6) is 1.67. The van der Waals surface area contributed by atoms with E-state index in [1.54, 1.807) is 0 Å². The van der Waals surface area contributed by atoms with Crippen LogP contribution >= 0.6 is 0 Å². The molecule has 1 atom stereocenters. The van der Waals surface area contributed by atoms with Gasteiger partial charge in [0.25, 0.3) is 0 Å². The molecule has 0 bridgehead atoms. The Hall–Kier alpha value is -1.26. The molecule has 21 heavy (non-hydrogen) atoms. The summed E-state index contributed by atoms with van der Waals surface area (Å²) in [5.41, 5.74) is 7.91. The lowest BCUT2D eigenvalue weighted by Gasteiger charge is -2.47. The molecule has 1 aromatic carbocycles.